The predicted molar refractivity (Wildman–Crippen MR) is 84.0 cm³/mol. The van der Waals surface area contributed by atoms with Gasteiger partial charge in [0.25, 0.3) is 10.2 Å². The molecule has 1 fully saturated rings. The summed E-state index contributed by atoms with van der Waals surface area (Å²) in [6.45, 7) is 1.90. The quantitative estimate of drug-likeness (QED) is 0.840. The van der Waals surface area contributed by atoms with Crippen LogP contribution in [0.25, 0.3) is 0 Å². The zero-order chi connectivity index (χ0) is 15.5. The number of hydrogen-bond acceptors (Lipinski definition) is 3. The number of nitrogens with zero attached hydrogens (tertiary/aromatic N) is 3. The average Bonchev–Trinajstić information content (AvgIpc) is 2.54. The van der Waals surface area contributed by atoms with Gasteiger partial charge in [-0.15, -0.1) is 0 Å². The van der Waals surface area contributed by atoms with E-state index in [0.717, 1.165) is 31.2 Å². The molecular weight excluding hydrogens is 286 g/mol. The van der Waals surface area contributed by atoms with Crippen molar-refractivity contribution in [3.63, 3.8) is 0 Å². The smallest absolute Gasteiger partial charge is 0.265 e. The summed E-state index contributed by atoms with van der Waals surface area (Å²) in [5.74, 6) is 0. The molecule has 1 unspecified atom stereocenters. The van der Waals surface area contributed by atoms with Crippen LogP contribution in [0.15, 0.2) is 24.5 Å². The van der Waals surface area contributed by atoms with Crippen LogP contribution in [0.2, 0.25) is 0 Å². The van der Waals surface area contributed by atoms with E-state index in [2.05, 4.69) is 4.98 Å². The fraction of sp³-hybridized carbons (Fsp3) is 0.667. The van der Waals surface area contributed by atoms with Gasteiger partial charge in [-0.2, -0.15) is 17.0 Å². The summed E-state index contributed by atoms with van der Waals surface area (Å²) >= 11 is 0. The predicted octanol–water partition coefficient (Wildman–Crippen LogP) is 2.58. The van der Waals surface area contributed by atoms with E-state index in [1.165, 1.54) is 10.7 Å². The summed E-state index contributed by atoms with van der Waals surface area (Å²) in [6, 6.07) is 3.65. The maximum absolute atomic E-state index is 12.8. The zero-order valence-electron chi connectivity index (χ0n) is 13.1. The fourth-order valence-corrected chi connectivity index (χ4v) is 4.40. The molecule has 1 atom stereocenters. The van der Waals surface area contributed by atoms with E-state index in [-0.39, 0.29) is 12.1 Å². The minimum Gasteiger partial charge on any atom is -0.265 e. The van der Waals surface area contributed by atoms with Gasteiger partial charge < -0.3 is 0 Å². The minimum absolute atomic E-state index is 0.135. The van der Waals surface area contributed by atoms with Crippen LogP contribution in [0.5, 0.6) is 0 Å². The number of hydrogen-bond donors (Lipinski definition) is 0. The average molecular weight is 311 g/mol. The van der Waals surface area contributed by atoms with Gasteiger partial charge in [0.05, 0.1) is 0 Å². The standard InChI is InChI=1S/C15H25N3O2S/c1-13(14-9-11-16-12-10-14)17(2)21(19,20)18(3)15-7-5-4-6-8-15/h9-13,15H,4-8H2,1-3H3. The van der Waals surface area contributed by atoms with Crippen LogP contribution in [0.1, 0.15) is 50.6 Å². The lowest BCUT2D eigenvalue weighted by Crippen LogP contribution is -2.46. The first kappa shape index (κ1) is 16.4. The summed E-state index contributed by atoms with van der Waals surface area (Å²) in [4.78, 5) is 3.98. The molecule has 118 valence electrons. The molecule has 0 spiro atoms. The van der Waals surface area contributed by atoms with Gasteiger partial charge in [0.1, 0.15) is 0 Å². The second-order valence-corrected chi connectivity index (χ2v) is 7.84. The Labute approximate surface area is 128 Å². The Morgan fingerprint density at radius 3 is 2.29 bits per heavy atom. The van der Waals surface area contributed by atoms with Crippen molar-refractivity contribution in [3.05, 3.63) is 30.1 Å². The van der Waals surface area contributed by atoms with E-state index in [1.807, 2.05) is 19.1 Å². The summed E-state index contributed by atoms with van der Waals surface area (Å²) < 4.78 is 28.6. The fourth-order valence-electron chi connectivity index (χ4n) is 2.89. The maximum atomic E-state index is 12.8. The van der Waals surface area contributed by atoms with Crippen molar-refractivity contribution in [2.24, 2.45) is 0 Å². The number of rotatable bonds is 5. The molecule has 0 aromatic carbocycles. The van der Waals surface area contributed by atoms with Gasteiger partial charge in [0.2, 0.25) is 0 Å². The van der Waals surface area contributed by atoms with E-state index in [0.29, 0.717) is 0 Å². The molecule has 1 heterocycles. The first-order valence-electron chi connectivity index (χ1n) is 7.55. The zero-order valence-corrected chi connectivity index (χ0v) is 13.9. The third-order valence-corrected chi connectivity index (χ3v) is 6.62. The first-order valence-corrected chi connectivity index (χ1v) is 8.95. The molecule has 0 bridgehead atoms. The number of pyridine rings is 1. The lowest BCUT2D eigenvalue weighted by atomic mass is 9.96. The third-order valence-electron chi connectivity index (χ3n) is 4.55. The van der Waals surface area contributed by atoms with Crippen LogP contribution in [0.3, 0.4) is 0 Å². The normalized spacial score (nSPS) is 19.1. The van der Waals surface area contributed by atoms with Crippen LogP contribution >= 0.6 is 0 Å². The van der Waals surface area contributed by atoms with Crippen LogP contribution in [0, 0.1) is 0 Å². The highest BCUT2D eigenvalue weighted by atomic mass is 32.2. The van der Waals surface area contributed by atoms with Crippen molar-refractivity contribution in [2.45, 2.75) is 51.1 Å². The monoisotopic (exact) mass is 311 g/mol. The highest BCUT2D eigenvalue weighted by Gasteiger charge is 2.33. The van der Waals surface area contributed by atoms with E-state index < -0.39 is 10.2 Å². The highest BCUT2D eigenvalue weighted by Crippen LogP contribution is 2.27. The van der Waals surface area contributed by atoms with Crippen molar-refractivity contribution in [1.82, 2.24) is 13.6 Å². The third kappa shape index (κ3) is 3.62. The summed E-state index contributed by atoms with van der Waals surface area (Å²) in [5, 5.41) is 0. The molecule has 1 aromatic heterocycles. The molecule has 1 aromatic rings. The first-order chi connectivity index (χ1) is 9.94. The van der Waals surface area contributed by atoms with Crippen LogP contribution in [-0.4, -0.2) is 42.1 Å². The van der Waals surface area contributed by atoms with Gasteiger partial charge in [-0.1, -0.05) is 19.3 Å². The summed E-state index contributed by atoms with van der Waals surface area (Å²) in [5.41, 5.74) is 0.952. The lowest BCUT2D eigenvalue weighted by Gasteiger charge is -2.35. The van der Waals surface area contributed by atoms with Crippen molar-refractivity contribution < 1.29 is 8.42 Å². The Kier molecular flexibility index (Phi) is 5.35. The van der Waals surface area contributed by atoms with E-state index in [1.54, 1.807) is 30.8 Å². The van der Waals surface area contributed by atoms with E-state index in [4.69, 9.17) is 0 Å². The van der Waals surface area contributed by atoms with Gasteiger partial charge in [-0.05, 0) is 37.5 Å². The van der Waals surface area contributed by atoms with Gasteiger partial charge in [-0.25, -0.2) is 0 Å². The van der Waals surface area contributed by atoms with Gasteiger partial charge in [0.15, 0.2) is 0 Å². The van der Waals surface area contributed by atoms with Gasteiger partial charge in [-0.3, -0.25) is 4.98 Å². The van der Waals surface area contributed by atoms with Gasteiger partial charge >= 0.3 is 0 Å². The molecule has 0 aliphatic heterocycles. The molecule has 0 amide bonds. The van der Waals surface area contributed by atoms with Crippen molar-refractivity contribution in [2.75, 3.05) is 14.1 Å². The second-order valence-electron chi connectivity index (χ2n) is 5.79. The van der Waals surface area contributed by atoms with E-state index in [9.17, 15) is 8.42 Å². The molecule has 1 aliphatic rings. The Morgan fingerprint density at radius 2 is 1.71 bits per heavy atom. The second kappa shape index (κ2) is 6.85. The SMILES string of the molecule is CC(c1ccncc1)N(C)S(=O)(=O)N(C)C1CCCCC1. The Hall–Kier alpha value is -0.980. The molecule has 1 saturated carbocycles. The molecule has 1 aliphatic carbocycles. The van der Waals surface area contributed by atoms with Gasteiger partial charge in [0, 0.05) is 38.6 Å². The molecule has 0 N–H and O–H groups in total. The molecule has 0 radical (unpaired) electrons. The number of aromatic nitrogens is 1. The molecule has 21 heavy (non-hydrogen) atoms. The Balaban J connectivity index is 2.14. The topological polar surface area (TPSA) is 53.5 Å². The van der Waals surface area contributed by atoms with E-state index >= 15 is 0 Å². The molecular formula is C15H25N3O2S. The van der Waals surface area contributed by atoms with Crippen LogP contribution in [-0.2, 0) is 10.2 Å². The van der Waals surface area contributed by atoms with Crippen molar-refractivity contribution in [3.8, 4) is 0 Å². The lowest BCUT2D eigenvalue weighted by molar-refractivity contribution is 0.260. The summed E-state index contributed by atoms with van der Waals surface area (Å²) in [6.07, 6.45) is 8.77. The molecule has 2 rings (SSSR count). The maximum Gasteiger partial charge on any atom is 0.282 e. The minimum atomic E-state index is -3.44. The molecule has 0 saturated heterocycles. The van der Waals surface area contributed by atoms with Crippen molar-refractivity contribution in [1.29, 1.82) is 0 Å². The Morgan fingerprint density at radius 1 is 1.14 bits per heavy atom. The largest absolute Gasteiger partial charge is 0.282 e. The highest BCUT2D eigenvalue weighted by molar-refractivity contribution is 7.86. The van der Waals surface area contributed by atoms with Crippen LogP contribution < -0.4 is 0 Å². The molecule has 6 heteroatoms. The van der Waals surface area contributed by atoms with Crippen molar-refractivity contribution >= 4 is 10.2 Å². The Bertz CT molecular complexity index is 541. The van der Waals surface area contributed by atoms with Crippen LogP contribution in [0.4, 0.5) is 0 Å². The summed E-state index contributed by atoms with van der Waals surface area (Å²) in [7, 11) is -0.0778. The molecule has 5 nitrogen and oxygen atoms in total.